The van der Waals surface area contributed by atoms with E-state index < -0.39 is 0 Å². The van der Waals surface area contributed by atoms with Crippen molar-refractivity contribution in [2.24, 2.45) is 0 Å². The molecule has 2 aromatic rings. The van der Waals surface area contributed by atoms with Gasteiger partial charge in [-0.2, -0.15) is 0 Å². The fourth-order valence-corrected chi connectivity index (χ4v) is 2.51. The summed E-state index contributed by atoms with van der Waals surface area (Å²) in [6.07, 6.45) is 0. The average molecular weight is 319 g/mol. The normalized spacial score (nSPS) is 10.3. The first-order chi connectivity index (χ1) is 9.10. The van der Waals surface area contributed by atoms with Crippen molar-refractivity contribution in [1.29, 1.82) is 0 Å². The van der Waals surface area contributed by atoms with E-state index in [1.54, 1.807) is 12.1 Å². The number of hydrogen-bond acceptors (Lipinski definition) is 2. The van der Waals surface area contributed by atoms with E-state index in [1.165, 1.54) is 0 Å². The standard InChI is InChI=1S/C16H15BrO2/c1-3-19-15-6-4-12(5-7-15)16(18)13-8-11(2)9-14(17)10-13/h4-10H,3H2,1-2H3. The number of benzene rings is 2. The predicted molar refractivity (Wildman–Crippen MR) is 79.9 cm³/mol. The van der Waals surface area contributed by atoms with Crippen molar-refractivity contribution in [3.8, 4) is 5.75 Å². The third-order valence-electron chi connectivity index (χ3n) is 2.73. The van der Waals surface area contributed by atoms with Gasteiger partial charge in [-0.25, -0.2) is 0 Å². The van der Waals surface area contributed by atoms with Gasteiger partial charge in [0.25, 0.3) is 0 Å². The minimum atomic E-state index is 0.0208. The molecule has 0 atom stereocenters. The Labute approximate surface area is 121 Å². The van der Waals surface area contributed by atoms with Crippen LogP contribution in [0.1, 0.15) is 28.4 Å². The van der Waals surface area contributed by atoms with E-state index in [1.807, 2.05) is 44.2 Å². The first-order valence-electron chi connectivity index (χ1n) is 6.15. The zero-order valence-electron chi connectivity index (χ0n) is 10.9. The van der Waals surface area contributed by atoms with Gasteiger partial charge >= 0.3 is 0 Å². The van der Waals surface area contributed by atoms with Gasteiger partial charge in [-0.05, 0) is 61.9 Å². The van der Waals surface area contributed by atoms with Crippen LogP contribution in [0.15, 0.2) is 46.9 Å². The largest absolute Gasteiger partial charge is 0.494 e. The van der Waals surface area contributed by atoms with Gasteiger partial charge in [0.15, 0.2) is 5.78 Å². The van der Waals surface area contributed by atoms with Gasteiger partial charge in [-0.3, -0.25) is 4.79 Å². The highest BCUT2D eigenvalue weighted by molar-refractivity contribution is 9.10. The molecule has 0 saturated heterocycles. The number of halogens is 1. The molecule has 19 heavy (non-hydrogen) atoms. The van der Waals surface area contributed by atoms with Gasteiger partial charge in [0.2, 0.25) is 0 Å². The molecule has 0 N–H and O–H groups in total. The number of carbonyl (C=O) groups excluding carboxylic acids is 1. The highest BCUT2D eigenvalue weighted by Crippen LogP contribution is 2.20. The fourth-order valence-electron chi connectivity index (χ4n) is 1.90. The SMILES string of the molecule is CCOc1ccc(C(=O)c2cc(C)cc(Br)c2)cc1. The van der Waals surface area contributed by atoms with Crippen LogP contribution in [0.25, 0.3) is 0 Å². The molecule has 3 heteroatoms. The van der Waals surface area contributed by atoms with Gasteiger partial charge in [-0.1, -0.05) is 15.9 Å². The van der Waals surface area contributed by atoms with Gasteiger partial charge in [0, 0.05) is 15.6 Å². The lowest BCUT2D eigenvalue weighted by Gasteiger charge is -2.06. The second-order valence-electron chi connectivity index (χ2n) is 4.30. The number of carbonyl (C=O) groups is 1. The minimum Gasteiger partial charge on any atom is -0.494 e. The second kappa shape index (κ2) is 6.02. The molecule has 0 spiro atoms. The van der Waals surface area contributed by atoms with Crippen LogP contribution in [-0.4, -0.2) is 12.4 Å². The Morgan fingerprint density at radius 3 is 2.37 bits per heavy atom. The van der Waals surface area contributed by atoms with Crippen LogP contribution in [-0.2, 0) is 0 Å². The molecule has 0 aliphatic heterocycles. The molecule has 0 fully saturated rings. The summed E-state index contributed by atoms with van der Waals surface area (Å²) in [4.78, 5) is 12.4. The van der Waals surface area contributed by atoms with Crippen molar-refractivity contribution >= 4 is 21.7 Å². The van der Waals surface area contributed by atoms with Crippen LogP contribution in [0.2, 0.25) is 0 Å². The maximum atomic E-state index is 12.4. The Morgan fingerprint density at radius 1 is 1.11 bits per heavy atom. The molecule has 0 unspecified atom stereocenters. The van der Waals surface area contributed by atoms with Crippen LogP contribution < -0.4 is 4.74 Å². The molecule has 0 heterocycles. The Balaban J connectivity index is 2.28. The van der Waals surface area contributed by atoms with E-state index in [9.17, 15) is 4.79 Å². The van der Waals surface area contributed by atoms with Crippen LogP contribution in [0.5, 0.6) is 5.75 Å². The summed E-state index contributed by atoms with van der Waals surface area (Å²) in [5.41, 5.74) is 2.42. The van der Waals surface area contributed by atoms with Crippen LogP contribution >= 0.6 is 15.9 Å². The quantitative estimate of drug-likeness (QED) is 0.782. The summed E-state index contributed by atoms with van der Waals surface area (Å²) in [5.74, 6) is 0.803. The first kappa shape index (κ1) is 13.8. The number of hydrogen-bond donors (Lipinski definition) is 0. The molecular weight excluding hydrogens is 304 g/mol. The Kier molecular flexibility index (Phi) is 4.38. The first-order valence-corrected chi connectivity index (χ1v) is 6.94. The molecule has 0 saturated carbocycles. The topological polar surface area (TPSA) is 26.3 Å². The molecule has 0 aliphatic carbocycles. The number of aryl methyl sites for hydroxylation is 1. The van der Waals surface area contributed by atoms with Crippen molar-refractivity contribution < 1.29 is 9.53 Å². The van der Waals surface area contributed by atoms with E-state index in [0.29, 0.717) is 17.7 Å². The molecule has 0 radical (unpaired) electrons. The third kappa shape index (κ3) is 3.44. The maximum Gasteiger partial charge on any atom is 0.193 e. The summed E-state index contributed by atoms with van der Waals surface area (Å²) >= 11 is 3.41. The van der Waals surface area contributed by atoms with Gasteiger partial charge in [-0.15, -0.1) is 0 Å². The molecule has 2 nitrogen and oxygen atoms in total. The highest BCUT2D eigenvalue weighted by atomic mass is 79.9. The van der Waals surface area contributed by atoms with E-state index in [-0.39, 0.29) is 5.78 Å². The predicted octanol–water partition coefficient (Wildman–Crippen LogP) is 4.39. The Morgan fingerprint density at radius 2 is 1.79 bits per heavy atom. The van der Waals surface area contributed by atoms with E-state index in [2.05, 4.69) is 15.9 Å². The molecule has 2 rings (SSSR count). The van der Waals surface area contributed by atoms with Crippen molar-refractivity contribution in [2.75, 3.05) is 6.61 Å². The number of rotatable bonds is 4. The molecule has 0 aromatic heterocycles. The zero-order chi connectivity index (χ0) is 13.8. The summed E-state index contributed by atoms with van der Waals surface area (Å²) in [6, 6.07) is 12.9. The average Bonchev–Trinajstić information content (AvgIpc) is 2.38. The van der Waals surface area contributed by atoms with E-state index in [4.69, 9.17) is 4.74 Å². The lowest BCUT2D eigenvalue weighted by molar-refractivity contribution is 0.103. The molecule has 98 valence electrons. The third-order valence-corrected chi connectivity index (χ3v) is 3.19. The van der Waals surface area contributed by atoms with Crippen LogP contribution in [0, 0.1) is 6.92 Å². The zero-order valence-corrected chi connectivity index (χ0v) is 12.5. The van der Waals surface area contributed by atoms with Gasteiger partial charge in [0.05, 0.1) is 6.61 Å². The molecule has 0 aliphatic rings. The monoisotopic (exact) mass is 318 g/mol. The van der Waals surface area contributed by atoms with Crippen molar-refractivity contribution in [3.05, 3.63) is 63.6 Å². The summed E-state index contributed by atoms with van der Waals surface area (Å²) in [7, 11) is 0. The lowest BCUT2D eigenvalue weighted by Crippen LogP contribution is -2.02. The smallest absolute Gasteiger partial charge is 0.193 e. The van der Waals surface area contributed by atoms with Gasteiger partial charge in [0.1, 0.15) is 5.75 Å². The van der Waals surface area contributed by atoms with E-state index >= 15 is 0 Å². The van der Waals surface area contributed by atoms with Crippen LogP contribution in [0.3, 0.4) is 0 Å². The molecule has 0 bridgehead atoms. The van der Waals surface area contributed by atoms with Crippen LogP contribution in [0.4, 0.5) is 0 Å². The second-order valence-corrected chi connectivity index (χ2v) is 5.22. The maximum absolute atomic E-state index is 12.4. The lowest BCUT2D eigenvalue weighted by atomic mass is 10.0. The highest BCUT2D eigenvalue weighted by Gasteiger charge is 2.10. The molecule has 2 aromatic carbocycles. The van der Waals surface area contributed by atoms with E-state index in [0.717, 1.165) is 15.8 Å². The summed E-state index contributed by atoms with van der Waals surface area (Å²) in [5, 5.41) is 0. The van der Waals surface area contributed by atoms with Gasteiger partial charge < -0.3 is 4.74 Å². The minimum absolute atomic E-state index is 0.0208. The van der Waals surface area contributed by atoms with Crippen molar-refractivity contribution in [1.82, 2.24) is 0 Å². The fraction of sp³-hybridized carbons (Fsp3) is 0.188. The summed E-state index contributed by atoms with van der Waals surface area (Å²) < 4.78 is 6.28. The summed E-state index contributed by atoms with van der Waals surface area (Å²) in [6.45, 7) is 4.53. The Bertz CT molecular complexity index is 568. The Hall–Kier alpha value is -1.61. The molecule has 0 amide bonds. The number of ether oxygens (including phenoxy) is 1. The number of ketones is 1. The van der Waals surface area contributed by atoms with Crippen molar-refractivity contribution in [3.63, 3.8) is 0 Å². The molecular formula is C16H15BrO2. The van der Waals surface area contributed by atoms with Crippen molar-refractivity contribution in [2.45, 2.75) is 13.8 Å².